The zero-order valence-corrected chi connectivity index (χ0v) is 15.1. The van der Waals surface area contributed by atoms with Crippen molar-refractivity contribution in [2.24, 2.45) is 4.99 Å². The molecule has 7 heteroatoms. The lowest BCUT2D eigenvalue weighted by molar-refractivity contribution is -0.105. The molecule has 1 aromatic rings. The fraction of sp³-hybridized carbons (Fsp3) is 0.500. The second-order valence-electron chi connectivity index (χ2n) is 6.16. The van der Waals surface area contributed by atoms with Crippen LogP contribution >= 0.6 is 11.8 Å². The van der Waals surface area contributed by atoms with Gasteiger partial charge in [0.15, 0.2) is 5.17 Å². The summed E-state index contributed by atoms with van der Waals surface area (Å²) in [7, 11) is 0. The Hall–Kier alpha value is -2.22. The number of ether oxygens (including phenoxy) is 1. The third kappa shape index (κ3) is 2.84. The molecule has 1 aromatic carbocycles. The van der Waals surface area contributed by atoms with Crippen molar-refractivity contribution in [1.82, 2.24) is 4.90 Å². The maximum absolute atomic E-state index is 11.2. The van der Waals surface area contributed by atoms with Crippen LogP contribution in [0.15, 0.2) is 23.2 Å². The number of fused-ring (bicyclic) bond motifs is 1. The topological polar surface area (TPSA) is 92.6 Å². The first-order valence-electron chi connectivity index (χ1n) is 8.37. The molecule has 1 fully saturated rings. The number of nitriles is 2. The largest absolute Gasteiger partial charge is 0.484 e. The van der Waals surface area contributed by atoms with Gasteiger partial charge in [0.25, 0.3) is 0 Å². The smallest absolute Gasteiger partial charge is 0.208 e. The Labute approximate surface area is 151 Å². The summed E-state index contributed by atoms with van der Waals surface area (Å²) in [5.41, 5.74) is 0.597. The highest BCUT2D eigenvalue weighted by atomic mass is 32.2. The summed E-state index contributed by atoms with van der Waals surface area (Å²) in [5.74, 6) is 1.49. The number of nitrogens with zero attached hydrogens (tertiary/aromatic N) is 4. The van der Waals surface area contributed by atoms with E-state index < -0.39 is 11.7 Å². The second kappa shape index (κ2) is 6.95. The number of benzene rings is 1. The first-order chi connectivity index (χ1) is 12.1. The lowest BCUT2D eigenvalue weighted by atomic mass is 9.79. The third-order valence-electron chi connectivity index (χ3n) is 5.10. The maximum atomic E-state index is 11.2. The molecule has 130 valence electrons. The first kappa shape index (κ1) is 17.6. The standard InChI is InChI=1S/C18H20N4O2S/c1-3-18(4-2)16(23)15(22-7-8-25-17(22)21-11-20)13-9-12(10-19)5-6-14(13)24-18/h5-6,9,15-16,23H,3-4,7-8H2,1-2H3/t15-,16+/m0/s1. The molecule has 1 N–H and O–H groups in total. The van der Waals surface area contributed by atoms with Crippen LogP contribution < -0.4 is 4.74 Å². The van der Waals surface area contributed by atoms with E-state index in [1.807, 2.05) is 24.9 Å². The van der Waals surface area contributed by atoms with Crippen molar-refractivity contribution in [3.8, 4) is 18.0 Å². The normalized spacial score (nSPS) is 25.8. The summed E-state index contributed by atoms with van der Waals surface area (Å²) in [6.45, 7) is 4.69. The summed E-state index contributed by atoms with van der Waals surface area (Å²) in [6.07, 6.45) is 2.38. The Morgan fingerprint density at radius 1 is 1.40 bits per heavy atom. The van der Waals surface area contributed by atoms with Crippen LogP contribution in [-0.2, 0) is 0 Å². The minimum atomic E-state index is -0.786. The number of thioether (sulfide) groups is 1. The molecule has 2 atom stereocenters. The van der Waals surface area contributed by atoms with E-state index in [-0.39, 0.29) is 6.04 Å². The van der Waals surface area contributed by atoms with Gasteiger partial charge >= 0.3 is 0 Å². The molecule has 2 aliphatic rings. The molecule has 0 bridgehead atoms. The number of hydrogen-bond donors (Lipinski definition) is 1. The van der Waals surface area contributed by atoms with Crippen molar-refractivity contribution in [3.63, 3.8) is 0 Å². The molecule has 2 heterocycles. The highest BCUT2D eigenvalue weighted by Gasteiger charge is 2.50. The van der Waals surface area contributed by atoms with Crippen LogP contribution in [0.1, 0.15) is 43.9 Å². The first-order valence-corrected chi connectivity index (χ1v) is 9.36. The van der Waals surface area contributed by atoms with E-state index in [2.05, 4.69) is 11.1 Å². The number of hydrogen-bond acceptors (Lipinski definition) is 6. The lowest BCUT2D eigenvalue weighted by Gasteiger charge is -2.48. The minimum Gasteiger partial charge on any atom is -0.484 e. The molecule has 0 amide bonds. The SMILES string of the molecule is CCC1(CC)Oc2ccc(C#N)cc2[C@H](N2CCSC2=NC#N)[C@H]1O. The fourth-order valence-corrected chi connectivity index (χ4v) is 4.59. The summed E-state index contributed by atoms with van der Waals surface area (Å²) in [4.78, 5) is 5.90. The molecule has 0 aromatic heterocycles. The van der Waals surface area contributed by atoms with Gasteiger partial charge in [-0.2, -0.15) is 10.5 Å². The summed E-state index contributed by atoms with van der Waals surface area (Å²) < 4.78 is 6.22. The van der Waals surface area contributed by atoms with Gasteiger partial charge in [-0.05, 0) is 31.0 Å². The van der Waals surface area contributed by atoms with Crippen molar-refractivity contribution in [3.05, 3.63) is 29.3 Å². The van der Waals surface area contributed by atoms with Gasteiger partial charge < -0.3 is 14.7 Å². The Balaban J connectivity index is 2.16. The molecule has 0 aliphatic carbocycles. The summed E-state index contributed by atoms with van der Waals surface area (Å²) in [5, 5.41) is 30.1. The summed E-state index contributed by atoms with van der Waals surface area (Å²) in [6, 6.07) is 7.06. The van der Waals surface area contributed by atoms with Crippen molar-refractivity contribution >= 4 is 16.9 Å². The van der Waals surface area contributed by atoms with E-state index in [1.165, 1.54) is 11.8 Å². The van der Waals surface area contributed by atoms with Gasteiger partial charge in [0, 0.05) is 17.9 Å². The molecule has 0 saturated carbocycles. The number of rotatable bonds is 3. The predicted molar refractivity (Wildman–Crippen MR) is 96.1 cm³/mol. The predicted octanol–water partition coefficient (Wildman–Crippen LogP) is 2.80. The lowest BCUT2D eigenvalue weighted by Crippen LogP contribution is -2.56. The van der Waals surface area contributed by atoms with Crippen molar-refractivity contribution in [2.45, 2.75) is 44.4 Å². The van der Waals surface area contributed by atoms with Crippen LogP contribution in [0.25, 0.3) is 0 Å². The molecule has 0 unspecified atom stereocenters. The van der Waals surface area contributed by atoms with Gasteiger partial charge in [0.05, 0.1) is 17.7 Å². The third-order valence-corrected chi connectivity index (χ3v) is 6.07. The van der Waals surface area contributed by atoms with Crippen LogP contribution in [0.5, 0.6) is 5.75 Å². The van der Waals surface area contributed by atoms with Gasteiger partial charge in [-0.15, -0.1) is 4.99 Å². The Kier molecular flexibility index (Phi) is 4.89. The van der Waals surface area contributed by atoms with Crippen molar-refractivity contribution < 1.29 is 9.84 Å². The Bertz CT molecular complexity index is 776. The minimum absolute atomic E-state index is 0.390. The van der Waals surface area contributed by atoms with Crippen molar-refractivity contribution in [2.75, 3.05) is 12.3 Å². The fourth-order valence-electron chi connectivity index (χ4n) is 3.64. The highest BCUT2D eigenvalue weighted by Crippen LogP contribution is 2.47. The van der Waals surface area contributed by atoms with Crippen LogP contribution in [0.3, 0.4) is 0 Å². The van der Waals surface area contributed by atoms with E-state index >= 15 is 0 Å². The van der Waals surface area contributed by atoms with Crippen LogP contribution in [-0.4, -0.2) is 39.2 Å². The van der Waals surface area contributed by atoms with Crippen LogP contribution in [0.2, 0.25) is 0 Å². The molecule has 2 aliphatic heterocycles. The number of aliphatic imine (C=N–C) groups is 1. The molecular weight excluding hydrogens is 336 g/mol. The van der Waals surface area contributed by atoms with Crippen LogP contribution in [0.4, 0.5) is 0 Å². The molecule has 1 saturated heterocycles. The van der Waals surface area contributed by atoms with Gasteiger partial charge in [-0.25, -0.2) is 0 Å². The molecule has 6 nitrogen and oxygen atoms in total. The quantitative estimate of drug-likeness (QED) is 0.837. The van der Waals surface area contributed by atoms with Gasteiger partial charge in [-0.3, -0.25) is 0 Å². The molecule has 3 rings (SSSR count). The maximum Gasteiger partial charge on any atom is 0.208 e. The highest BCUT2D eigenvalue weighted by molar-refractivity contribution is 8.14. The van der Waals surface area contributed by atoms with E-state index in [9.17, 15) is 10.4 Å². The van der Waals surface area contributed by atoms with Gasteiger partial charge in [0.1, 0.15) is 17.5 Å². The second-order valence-corrected chi connectivity index (χ2v) is 7.23. The summed E-state index contributed by atoms with van der Waals surface area (Å²) >= 11 is 1.51. The molecule has 0 radical (unpaired) electrons. The Morgan fingerprint density at radius 2 is 2.16 bits per heavy atom. The zero-order chi connectivity index (χ0) is 18.0. The van der Waals surface area contributed by atoms with E-state index in [0.29, 0.717) is 35.9 Å². The average Bonchev–Trinajstić information content (AvgIpc) is 3.09. The number of amidine groups is 1. The van der Waals surface area contributed by atoms with E-state index in [1.54, 1.807) is 18.2 Å². The molecule has 25 heavy (non-hydrogen) atoms. The average molecular weight is 356 g/mol. The Morgan fingerprint density at radius 3 is 2.80 bits per heavy atom. The monoisotopic (exact) mass is 356 g/mol. The van der Waals surface area contributed by atoms with Crippen molar-refractivity contribution in [1.29, 1.82) is 10.5 Å². The molecular formula is C18H20N4O2S. The van der Waals surface area contributed by atoms with Gasteiger partial charge in [-0.1, -0.05) is 25.6 Å². The molecule has 0 spiro atoms. The van der Waals surface area contributed by atoms with Crippen LogP contribution in [0, 0.1) is 22.8 Å². The number of aliphatic hydroxyl groups is 1. The van der Waals surface area contributed by atoms with Gasteiger partial charge in [0.2, 0.25) is 6.19 Å². The zero-order valence-electron chi connectivity index (χ0n) is 14.3. The van der Waals surface area contributed by atoms with E-state index in [0.717, 1.165) is 11.3 Å². The van der Waals surface area contributed by atoms with E-state index in [4.69, 9.17) is 10.00 Å². The number of aliphatic hydroxyl groups excluding tert-OH is 1.